The molecule has 1 heterocycles. The molecule has 0 N–H and O–H groups in total. The van der Waals surface area contributed by atoms with Crippen LogP contribution < -0.4 is 0 Å². The van der Waals surface area contributed by atoms with E-state index in [9.17, 15) is 9.59 Å². The Morgan fingerprint density at radius 1 is 1.17 bits per heavy atom. The van der Waals surface area contributed by atoms with Crippen LogP contribution in [0.4, 0.5) is 0 Å². The van der Waals surface area contributed by atoms with Gasteiger partial charge in [-0.1, -0.05) is 18.2 Å². The number of benzene rings is 1. The number of fused-ring (bicyclic) bond motifs is 1. The van der Waals surface area contributed by atoms with Crippen LogP contribution in [0.3, 0.4) is 0 Å². The van der Waals surface area contributed by atoms with Crippen LogP contribution in [-0.2, 0) is 0 Å². The van der Waals surface area contributed by atoms with E-state index in [2.05, 4.69) is 4.98 Å². The monoisotopic (exact) mass is 242 g/mol. The molecule has 0 aliphatic heterocycles. The topological polar surface area (TPSA) is 50.3 Å². The second-order valence-corrected chi connectivity index (χ2v) is 4.33. The molecule has 0 spiro atoms. The second kappa shape index (κ2) is 4.56. The van der Waals surface area contributed by atoms with Gasteiger partial charge in [0.25, 0.3) is 5.91 Å². The third kappa shape index (κ3) is 2.09. The molecule has 18 heavy (non-hydrogen) atoms. The van der Waals surface area contributed by atoms with Gasteiger partial charge in [-0.2, -0.15) is 0 Å². The Hall–Kier alpha value is -2.23. The summed E-state index contributed by atoms with van der Waals surface area (Å²) >= 11 is 0. The lowest BCUT2D eigenvalue weighted by Crippen LogP contribution is -2.23. The highest BCUT2D eigenvalue weighted by Crippen LogP contribution is 2.19. The highest BCUT2D eigenvalue weighted by Gasteiger charge is 2.15. The van der Waals surface area contributed by atoms with Gasteiger partial charge in [0.1, 0.15) is 5.69 Å². The fraction of sp³-hybridized carbons (Fsp3) is 0.214. The first-order valence-corrected chi connectivity index (χ1v) is 5.63. The van der Waals surface area contributed by atoms with Crippen LogP contribution in [0.25, 0.3) is 10.9 Å². The van der Waals surface area contributed by atoms with Crippen molar-refractivity contribution in [3.8, 4) is 0 Å². The number of Topliss-reactive ketones (excluding diaryl/α,β-unsaturated/α-hetero) is 1. The van der Waals surface area contributed by atoms with Crippen molar-refractivity contribution in [2.75, 3.05) is 14.1 Å². The summed E-state index contributed by atoms with van der Waals surface area (Å²) in [5.41, 5.74) is 1.49. The molecule has 2 rings (SSSR count). The predicted molar refractivity (Wildman–Crippen MR) is 69.8 cm³/mol. The van der Waals surface area contributed by atoms with E-state index in [1.165, 1.54) is 11.8 Å². The summed E-state index contributed by atoms with van der Waals surface area (Å²) in [6.45, 7) is 1.49. The van der Waals surface area contributed by atoms with Crippen LogP contribution in [0.2, 0.25) is 0 Å². The van der Waals surface area contributed by atoms with E-state index in [0.717, 1.165) is 5.39 Å². The molecule has 1 amide bonds. The van der Waals surface area contributed by atoms with E-state index in [0.29, 0.717) is 16.8 Å². The van der Waals surface area contributed by atoms with E-state index < -0.39 is 0 Å². The molecule has 0 unspecified atom stereocenters. The summed E-state index contributed by atoms with van der Waals surface area (Å²) < 4.78 is 0. The first-order valence-electron chi connectivity index (χ1n) is 5.63. The fourth-order valence-corrected chi connectivity index (χ4v) is 1.81. The molecule has 1 aromatic carbocycles. The number of nitrogens with zero attached hydrogens (tertiary/aromatic N) is 2. The van der Waals surface area contributed by atoms with Gasteiger partial charge in [-0.3, -0.25) is 9.59 Å². The number of ketones is 1. The van der Waals surface area contributed by atoms with Crippen LogP contribution in [0.5, 0.6) is 0 Å². The normalized spacial score (nSPS) is 10.4. The number of para-hydroxylation sites is 1. The lowest BCUT2D eigenvalue weighted by Gasteiger charge is -2.11. The largest absolute Gasteiger partial charge is 0.343 e. The number of hydrogen-bond donors (Lipinski definition) is 0. The number of amides is 1. The van der Waals surface area contributed by atoms with Crippen molar-refractivity contribution in [1.29, 1.82) is 0 Å². The SMILES string of the molecule is CC(=O)c1cc(C(=O)N(C)C)nc2ccccc12. The summed E-state index contributed by atoms with van der Waals surface area (Å²) in [5.74, 6) is -0.273. The lowest BCUT2D eigenvalue weighted by molar-refractivity contribution is 0.0822. The maximum absolute atomic E-state index is 11.9. The van der Waals surface area contributed by atoms with Crippen LogP contribution >= 0.6 is 0 Å². The van der Waals surface area contributed by atoms with Crippen LogP contribution in [0, 0.1) is 0 Å². The maximum atomic E-state index is 11.9. The molecule has 0 saturated heterocycles. The molecule has 0 aliphatic rings. The molecule has 4 nitrogen and oxygen atoms in total. The summed E-state index contributed by atoms with van der Waals surface area (Å²) in [7, 11) is 3.32. The van der Waals surface area contributed by atoms with Crippen LogP contribution in [0.15, 0.2) is 30.3 Å². The minimum Gasteiger partial charge on any atom is -0.343 e. The zero-order valence-electron chi connectivity index (χ0n) is 10.6. The summed E-state index contributed by atoms with van der Waals surface area (Å²) in [6, 6.07) is 8.89. The highest BCUT2D eigenvalue weighted by atomic mass is 16.2. The van der Waals surface area contributed by atoms with Gasteiger partial charge >= 0.3 is 0 Å². The van der Waals surface area contributed by atoms with Gasteiger partial charge in [0.2, 0.25) is 0 Å². The molecule has 0 saturated carbocycles. The molecule has 0 fully saturated rings. The van der Waals surface area contributed by atoms with Crippen molar-refractivity contribution < 1.29 is 9.59 Å². The number of hydrogen-bond acceptors (Lipinski definition) is 3. The quantitative estimate of drug-likeness (QED) is 0.758. The molecule has 0 atom stereocenters. The molecule has 0 aliphatic carbocycles. The molecule has 2 aromatic rings. The minimum atomic E-state index is -0.205. The Balaban J connectivity index is 2.72. The van der Waals surface area contributed by atoms with Crippen molar-refractivity contribution in [3.63, 3.8) is 0 Å². The third-order valence-corrected chi connectivity index (χ3v) is 2.72. The number of aromatic nitrogens is 1. The Bertz CT molecular complexity index is 633. The number of carbonyl (C=O) groups is 2. The zero-order chi connectivity index (χ0) is 13.3. The van der Waals surface area contributed by atoms with E-state index in [-0.39, 0.29) is 11.7 Å². The molecule has 1 aromatic heterocycles. The summed E-state index contributed by atoms with van der Waals surface area (Å²) in [5, 5.41) is 0.778. The average Bonchev–Trinajstić information content (AvgIpc) is 2.36. The Morgan fingerprint density at radius 2 is 1.83 bits per heavy atom. The van der Waals surface area contributed by atoms with Gasteiger partial charge in [0.05, 0.1) is 5.52 Å². The van der Waals surface area contributed by atoms with Crippen LogP contribution in [-0.4, -0.2) is 35.7 Å². The molecule has 4 heteroatoms. The van der Waals surface area contributed by atoms with Crippen LogP contribution in [0.1, 0.15) is 27.8 Å². The van der Waals surface area contributed by atoms with Gasteiger partial charge in [-0.05, 0) is 19.1 Å². The molecule has 0 bridgehead atoms. The van der Waals surface area contributed by atoms with Crippen molar-refractivity contribution in [3.05, 3.63) is 41.6 Å². The standard InChI is InChI=1S/C14H14N2O2/c1-9(17)11-8-13(14(18)16(2)3)15-12-7-5-4-6-10(11)12/h4-8H,1-3H3. The Labute approximate surface area is 105 Å². The van der Waals surface area contributed by atoms with E-state index in [1.807, 2.05) is 18.2 Å². The van der Waals surface area contributed by atoms with Crippen molar-refractivity contribution in [2.45, 2.75) is 6.92 Å². The molecular formula is C14H14N2O2. The lowest BCUT2D eigenvalue weighted by atomic mass is 10.0. The second-order valence-electron chi connectivity index (χ2n) is 4.33. The van der Waals surface area contributed by atoms with Gasteiger partial charge in [-0.15, -0.1) is 0 Å². The Kier molecular flexibility index (Phi) is 3.10. The Morgan fingerprint density at radius 3 is 2.44 bits per heavy atom. The van der Waals surface area contributed by atoms with E-state index in [4.69, 9.17) is 0 Å². The van der Waals surface area contributed by atoms with Crippen molar-refractivity contribution in [2.24, 2.45) is 0 Å². The smallest absolute Gasteiger partial charge is 0.271 e. The number of pyridine rings is 1. The number of rotatable bonds is 2. The predicted octanol–water partition coefficient (Wildman–Crippen LogP) is 2.14. The highest BCUT2D eigenvalue weighted by molar-refractivity contribution is 6.08. The van der Waals surface area contributed by atoms with Gasteiger partial charge in [-0.25, -0.2) is 4.98 Å². The van der Waals surface area contributed by atoms with E-state index in [1.54, 1.807) is 26.2 Å². The van der Waals surface area contributed by atoms with Gasteiger partial charge in [0, 0.05) is 25.0 Å². The van der Waals surface area contributed by atoms with Gasteiger partial charge in [0.15, 0.2) is 5.78 Å². The first kappa shape index (κ1) is 12.2. The molecular weight excluding hydrogens is 228 g/mol. The minimum absolute atomic E-state index is 0.0681. The summed E-state index contributed by atoms with van der Waals surface area (Å²) in [4.78, 5) is 29.3. The molecule has 0 radical (unpaired) electrons. The maximum Gasteiger partial charge on any atom is 0.271 e. The van der Waals surface area contributed by atoms with Gasteiger partial charge < -0.3 is 4.90 Å². The molecule has 92 valence electrons. The summed E-state index contributed by atoms with van der Waals surface area (Å²) in [6.07, 6.45) is 0. The van der Waals surface area contributed by atoms with Crippen molar-refractivity contribution >= 4 is 22.6 Å². The van der Waals surface area contributed by atoms with Crippen molar-refractivity contribution in [1.82, 2.24) is 9.88 Å². The third-order valence-electron chi connectivity index (χ3n) is 2.72. The first-order chi connectivity index (χ1) is 8.50. The number of carbonyl (C=O) groups excluding carboxylic acids is 2. The zero-order valence-corrected chi connectivity index (χ0v) is 10.6. The van der Waals surface area contributed by atoms with E-state index >= 15 is 0 Å². The average molecular weight is 242 g/mol. The fourth-order valence-electron chi connectivity index (χ4n) is 1.81.